The summed E-state index contributed by atoms with van der Waals surface area (Å²) in [6, 6.07) is 12.9. The van der Waals surface area contributed by atoms with Gasteiger partial charge in [-0.15, -0.1) is 11.3 Å². The highest BCUT2D eigenvalue weighted by atomic mass is 32.2. The van der Waals surface area contributed by atoms with Gasteiger partial charge in [0.1, 0.15) is 5.01 Å². The second-order valence-corrected chi connectivity index (χ2v) is 11.8. The van der Waals surface area contributed by atoms with Gasteiger partial charge in [0.05, 0.1) is 31.4 Å². The average Bonchev–Trinajstić information content (AvgIpc) is 3.21. The van der Waals surface area contributed by atoms with Gasteiger partial charge in [0.25, 0.3) is 0 Å². The lowest BCUT2D eigenvalue weighted by Crippen LogP contribution is -2.35. The minimum absolute atomic E-state index is 0.0223. The van der Waals surface area contributed by atoms with E-state index < -0.39 is 10.0 Å². The van der Waals surface area contributed by atoms with Crippen LogP contribution in [0.4, 0.5) is 0 Å². The first-order valence-corrected chi connectivity index (χ1v) is 12.7. The lowest BCUT2D eigenvalue weighted by atomic mass is 9.87. The third-order valence-electron chi connectivity index (χ3n) is 5.68. The summed E-state index contributed by atoms with van der Waals surface area (Å²) in [6.45, 7) is 7.10. The van der Waals surface area contributed by atoms with Gasteiger partial charge in [0.2, 0.25) is 10.0 Å². The lowest BCUT2D eigenvalue weighted by Gasteiger charge is -2.26. The van der Waals surface area contributed by atoms with Gasteiger partial charge in [-0.05, 0) is 41.3 Å². The van der Waals surface area contributed by atoms with Crippen molar-refractivity contribution < 1.29 is 17.9 Å². The summed E-state index contributed by atoms with van der Waals surface area (Å²) in [7, 11) is -0.361. The molecule has 2 aromatic carbocycles. The molecule has 0 N–H and O–H groups in total. The van der Waals surface area contributed by atoms with Gasteiger partial charge in [-0.2, -0.15) is 4.31 Å². The molecule has 0 saturated carbocycles. The summed E-state index contributed by atoms with van der Waals surface area (Å²) in [5, 5.41) is 0.852. The quantitative estimate of drug-likeness (QED) is 0.530. The number of benzene rings is 2. The zero-order valence-corrected chi connectivity index (χ0v) is 20.6. The van der Waals surface area contributed by atoms with E-state index in [4.69, 9.17) is 14.5 Å². The molecule has 1 aliphatic heterocycles. The van der Waals surface area contributed by atoms with Crippen LogP contribution in [-0.4, -0.2) is 38.5 Å². The maximum absolute atomic E-state index is 13.3. The van der Waals surface area contributed by atoms with E-state index in [-0.39, 0.29) is 5.41 Å². The molecule has 0 radical (unpaired) electrons. The standard InChI is InChI=1S/C24H28N2O4S2/c1-24(2,3)17-7-9-18(10-8-17)32(27,28)26-13-12-19-22(15-26)31-23(25-19)16-6-11-20(29-4)21(14-16)30-5/h6-11,14H,12-13,15H2,1-5H3. The van der Waals surface area contributed by atoms with E-state index in [0.717, 1.165) is 26.7 Å². The van der Waals surface area contributed by atoms with Crippen LogP contribution < -0.4 is 9.47 Å². The number of aromatic nitrogens is 1. The smallest absolute Gasteiger partial charge is 0.243 e. The number of methoxy groups -OCH3 is 2. The molecule has 6 nitrogen and oxygen atoms in total. The predicted molar refractivity (Wildman–Crippen MR) is 127 cm³/mol. The van der Waals surface area contributed by atoms with Crippen molar-refractivity contribution in [1.29, 1.82) is 0 Å². The summed E-state index contributed by atoms with van der Waals surface area (Å²) in [6.07, 6.45) is 0.596. The molecule has 0 atom stereocenters. The molecule has 0 aliphatic carbocycles. The molecule has 0 saturated heterocycles. The van der Waals surface area contributed by atoms with E-state index in [1.165, 1.54) is 11.3 Å². The van der Waals surface area contributed by atoms with Crippen molar-refractivity contribution in [1.82, 2.24) is 9.29 Å². The zero-order valence-electron chi connectivity index (χ0n) is 19.0. The Kier molecular flexibility index (Phi) is 6.04. The highest BCUT2D eigenvalue weighted by Gasteiger charge is 2.31. The molecular formula is C24H28N2O4S2. The van der Waals surface area contributed by atoms with Crippen LogP contribution >= 0.6 is 11.3 Å². The SMILES string of the molecule is COc1ccc(-c2nc3c(s2)CN(S(=O)(=O)c2ccc(C(C)(C)C)cc2)CC3)cc1OC. The number of nitrogens with zero attached hydrogens (tertiary/aromatic N) is 2. The summed E-state index contributed by atoms with van der Waals surface area (Å²) < 4.78 is 38.8. The number of fused-ring (bicyclic) bond motifs is 1. The fourth-order valence-corrected chi connectivity index (χ4v) is 6.36. The predicted octanol–water partition coefficient (Wildman–Crippen LogP) is 4.87. The topological polar surface area (TPSA) is 68.7 Å². The van der Waals surface area contributed by atoms with Crippen LogP contribution in [0, 0.1) is 0 Å². The molecule has 0 bridgehead atoms. The Morgan fingerprint density at radius 3 is 2.31 bits per heavy atom. The highest BCUT2D eigenvalue weighted by molar-refractivity contribution is 7.89. The van der Waals surface area contributed by atoms with Crippen molar-refractivity contribution in [2.24, 2.45) is 0 Å². The Balaban J connectivity index is 1.58. The molecular weight excluding hydrogens is 444 g/mol. The number of thiazole rings is 1. The van der Waals surface area contributed by atoms with Crippen molar-refractivity contribution in [2.45, 2.75) is 44.0 Å². The largest absolute Gasteiger partial charge is 0.493 e. The fourth-order valence-electron chi connectivity index (χ4n) is 3.75. The molecule has 0 unspecified atom stereocenters. The molecule has 0 fully saturated rings. The Morgan fingerprint density at radius 2 is 1.69 bits per heavy atom. The van der Waals surface area contributed by atoms with Crippen molar-refractivity contribution in [2.75, 3.05) is 20.8 Å². The Labute approximate surface area is 193 Å². The summed E-state index contributed by atoms with van der Waals surface area (Å²) in [5.41, 5.74) is 2.98. The van der Waals surface area contributed by atoms with E-state index in [1.54, 1.807) is 30.7 Å². The number of sulfonamides is 1. The first kappa shape index (κ1) is 22.8. The van der Waals surface area contributed by atoms with E-state index in [2.05, 4.69) is 20.8 Å². The van der Waals surface area contributed by atoms with Crippen LogP contribution in [-0.2, 0) is 28.4 Å². The normalized spacial score (nSPS) is 14.8. The van der Waals surface area contributed by atoms with Crippen LogP contribution in [0.15, 0.2) is 47.4 Å². The first-order valence-electron chi connectivity index (χ1n) is 10.4. The van der Waals surface area contributed by atoms with Gasteiger partial charge in [-0.25, -0.2) is 13.4 Å². The average molecular weight is 473 g/mol. The molecule has 1 aliphatic rings. The number of rotatable bonds is 5. The summed E-state index contributed by atoms with van der Waals surface area (Å²) >= 11 is 1.53. The Bertz CT molecular complexity index is 1230. The molecule has 0 spiro atoms. The van der Waals surface area contributed by atoms with Crippen molar-refractivity contribution in [3.05, 3.63) is 58.6 Å². The minimum atomic E-state index is -3.57. The monoisotopic (exact) mass is 472 g/mol. The van der Waals surface area contributed by atoms with Gasteiger partial charge in [-0.1, -0.05) is 32.9 Å². The van der Waals surface area contributed by atoms with Crippen LogP contribution in [0.5, 0.6) is 11.5 Å². The van der Waals surface area contributed by atoms with Gasteiger partial charge in [0.15, 0.2) is 11.5 Å². The maximum atomic E-state index is 13.3. The Morgan fingerprint density at radius 1 is 1.00 bits per heavy atom. The molecule has 32 heavy (non-hydrogen) atoms. The van der Waals surface area contributed by atoms with Gasteiger partial charge in [-0.3, -0.25) is 0 Å². The molecule has 170 valence electrons. The fraction of sp³-hybridized carbons (Fsp3) is 0.375. The highest BCUT2D eigenvalue weighted by Crippen LogP contribution is 2.37. The molecule has 1 aromatic heterocycles. The van der Waals surface area contributed by atoms with Crippen molar-refractivity contribution in [3.63, 3.8) is 0 Å². The van der Waals surface area contributed by atoms with Gasteiger partial charge in [0, 0.05) is 23.4 Å². The number of ether oxygens (including phenoxy) is 2. The number of hydrogen-bond acceptors (Lipinski definition) is 6. The van der Waals surface area contributed by atoms with Crippen LogP contribution in [0.1, 0.15) is 36.9 Å². The van der Waals surface area contributed by atoms with Crippen molar-refractivity contribution in [3.8, 4) is 22.1 Å². The van der Waals surface area contributed by atoms with Crippen LogP contribution in [0.2, 0.25) is 0 Å². The summed E-state index contributed by atoms with van der Waals surface area (Å²) in [5.74, 6) is 1.30. The van der Waals surface area contributed by atoms with Gasteiger partial charge >= 0.3 is 0 Å². The Hall–Kier alpha value is -2.42. The third-order valence-corrected chi connectivity index (χ3v) is 8.68. The second-order valence-electron chi connectivity index (χ2n) is 8.82. The van der Waals surface area contributed by atoms with E-state index in [9.17, 15) is 8.42 Å². The maximum Gasteiger partial charge on any atom is 0.243 e. The molecule has 0 amide bonds. The van der Waals surface area contributed by atoms with Crippen molar-refractivity contribution >= 4 is 21.4 Å². The molecule has 3 aromatic rings. The summed E-state index contributed by atoms with van der Waals surface area (Å²) in [4.78, 5) is 6.09. The van der Waals surface area contributed by atoms with E-state index >= 15 is 0 Å². The van der Waals surface area contributed by atoms with Gasteiger partial charge < -0.3 is 9.47 Å². The first-order chi connectivity index (χ1) is 15.1. The van der Waals surface area contributed by atoms with Crippen LogP contribution in [0.25, 0.3) is 10.6 Å². The molecule has 8 heteroatoms. The molecule has 4 rings (SSSR count). The second kappa shape index (κ2) is 8.50. The number of hydrogen-bond donors (Lipinski definition) is 0. The third kappa shape index (κ3) is 4.27. The van der Waals surface area contributed by atoms with Crippen LogP contribution in [0.3, 0.4) is 0 Å². The zero-order chi connectivity index (χ0) is 23.1. The molecule has 2 heterocycles. The van der Waals surface area contributed by atoms with E-state index in [1.807, 2.05) is 30.3 Å². The van der Waals surface area contributed by atoms with E-state index in [0.29, 0.717) is 35.9 Å². The minimum Gasteiger partial charge on any atom is -0.493 e. The lowest BCUT2D eigenvalue weighted by molar-refractivity contribution is 0.355.